The van der Waals surface area contributed by atoms with Crippen LogP contribution in [0.5, 0.6) is 0 Å². The minimum absolute atomic E-state index is 0.248. The fourth-order valence-corrected chi connectivity index (χ4v) is 5.69. The summed E-state index contributed by atoms with van der Waals surface area (Å²) in [5.41, 5.74) is 3.97. The van der Waals surface area contributed by atoms with Crippen LogP contribution in [0.25, 0.3) is 0 Å². The van der Waals surface area contributed by atoms with Crippen LogP contribution in [0, 0.1) is 0 Å². The zero-order chi connectivity index (χ0) is 22.1. The number of carbonyl (C=O) groups is 1. The number of amides is 1. The number of hydrogen-bond donors (Lipinski definition) is 1. The molecule has 2 atom stereocenters. The molecule has 0 radical (unpaired) electrons. The van der Waals surface area contributed by atoms with E-state index in [9.17, 15) is 13.2 Å². The largest absolute Gasteiger partial charge is 0.348 e. The van der Waals surface area contributed by atoms with Crippen molar-refractivity contribution >= 4 is 44.8 Å². The number of fused-ring (bicyclic) bond motifs is 1. The van der Waals surface area contributed by atoms with Crippen LogP contribution in [-0.4, -0.2) is 26.6 Å². The average Bonchev–Trinajstić information content (AvgIpc) is 3.11. The maximum Gasteiger partial charge on any atom is 0.244 e. The summed E-state index contributed by atoms with van der Waals surface area (Å²) in [6.07, 6.45) is 4.67. The summed E-state index contributed by atoms with van der Waals surface area (Å²) < 4.78 is 26.3. The van der Waals surface area contributed by atoms with E-state index in [0.29, 0.717) is 16.5 Å². The third kappa shape index (κ3) is 5.10. The molecule has 2 aromatic carbocycles. The summed E-state index contributed by atoms with van der Waals surface area (Å²) in [6.45, 7) is 3.68. The molecule has 1 aliphatic rings. The van der Waals surface area contributed by atoms with Gasteiger partial charge in [-0.3, -0.25) is 9.10 Å². The SMILES string of the molecule is CCC(C(=O)NC(C)c1ccc2c(c1)CCC2)N(c1cc(Cl)cc(Cl)c1)S(C)(=O)=O. The number of carbonyl (C=O) groups excluding carboxylic acids is 1. The van der Waals surface area contributed by atoms with Crippen LogP contribution < -0.4 is 9.62 Å². The van der Waals surface area contributed by atoms with E-state index in [1.54, 1.807) is 6.92 Å². The Hall–Kier alpha value is -1.76. The predicted octanol–water partition coefficient (Wildman–Crippen LogP) is 4.90. The molecule has 2 aromatic rings. The number of halogens is 2. The molecule has 0 saturated carbocycles. The van der Waals surface area contributed by atoms with Gasteiger partial charge in [-0.15, -0.1) is 0 Å². The minimum Gasteiger partial charge on any atom is -0.348 e. The molecule has 0 fully saturated rings. The standard InChI is InChI=1S/C22H26Cl2N2O3S/c1-4-21(26(30(3,28)29)20-12-18(23)11-19(24)13-20)22(27)25-14(2)16-9-8-15-6-5-7-17(15)10-16/h8-14,21H,4-7H2,1-3H3,(H,25,27). The van der Waals surface area contributed by atoms with Gasteiger partial charge in [0.25, 0.3) is 0 Å². The Morgan fingerprint density at radius 2 is 1.73 bits per heavy atom. The Morgan fingerprint density at radius 1 is 1.10 bits per heavy atom. The molecule has 1 aliphatic carbocycles. The second-order valence-electron chi connectivity index (χ2n) is 7.72. The Morgan fingerprint density at radius 3 is 2.33 bits per heavy atom. The quantitative estimate of drug-likeness (QED) is 0.627. The fraction of sp³-hybridized carbons (Fsp3) is 0.409. The molecular weight excluding hydrogens is 443 g/mol. The van der Waals surface area contributed by atoms with Crippen LogP contribution in [0.2, 0.25) is 10.0 Å². The summed E-state index contributed by atoms with van der Waals surface area (Å²) in [5.74, 6) is -0.368. The number of benzene rings is 2. The summed E-state index contributed by atoms with van der Waals surface area (Å²) in [7, 11) is -3.76. The van der Waals surface area contributed by atoms with E-state index in [0.717, 1.165) is 35.4 Å². The summed E-state index contributed by atoms with van der Waals surface area (Å²) >= 11 is 12.2. The van der Waals surface area contributed by atoms with E-state index >= 15 is 0 Å². The van der Waals surface area contributed by atoms with Crippen molar-refractivity contribution < 1.29 is 13.2 Å². The molecule has 1 amide bonds. The molecule has 1 N–H and O–H groups in total. The smallest absolute Gasteiger partial charge is 0.244 e. The van der Waals surface area contributed by atoms with Gasteiger partial charge in [0.2, 0.25) is 15.9 Å². The molecule has 0 bridgehead atoms. The number of nitrogens with zero attached hydrogens (tertiary/aromatic N) is 1. The van der Waals surface area contributed by atoms with E-state index in [1.807, 2.05) is 13.0 Å². The van der Waals surface area contributed by atoms with Gasteiger partial charge >= 0.3 is 0 Å². The van der Waals surface area contributed by atoms with Gasteiger partial charge in [0.1, 0.15) is 6.04 Å². The molecule has 0 aromatic heterocycles. The zero-order valence-electron chi connectivity index (χ0n) is 17.3. The first kappa shape index (κ1) is 22.9. The van der Waals surface area contributed by atoms with Gasteiger partial charge in [-0.05, 0) is 67.5 Å². The third-order valence-electron chi connectivity index (χ3n) is 5.41. The van der Waals surface area contributed by atoms with Crippen molar-refractivity contribution in [2.24, 2.45) is 0 Å². The topological polar surface area (TPSA) is 66.5 Å². The number of nitrogens with one attached hydrogen (secondary N) is 1. The average molecular weight is 469 g/mol. The first-order valence-electron chi connectivity index (χ1n) is 9.97. The first-order valence-corrected chi connectivity index (χ1v) is 12.6. The van der Waals surface area contributed by atoms with Gasteiger partial charge in [0, 0.05) is 10.0 Å². The Kier molecular flexibility index (Phi) is 7.00. The van der Waals surface area contributed by atoms with Gasteiger partial charge in [0.05, 0.1) is 18.0 Å². The third-order valence-corrected chi connectivity index (χ3v) is 7.03. The van der Waals surface area contributed by atoms with Crippen LogP contribution in [0.4, 0.5) is 5.69 Å². The van der Waals surface area contributed by atoms with Crippen LogP contribution in [-0.2, 0) is 27.7 Å². The van der Waals surface area contributed by atoms with Crippen molar-refractivity contribution in [3.05, 3.63) is 63.1 Å². The Labute approximate surface area is 188 Å². The van der Waals surface area contributed by atoms with Gasteiger partial charge in [0.15, 0.2) is 0 Å². The molecule has 162 valence electrons. The molecule has 0 aliphatic heterocycles. The lowest BCUT2D eigenvalue weighted by Gasteiger charge is -2.31. The minimum atomic E-state index is -3.76. The van der Waals surface area contributed by atoms with Crippen LogP contribution in [0.15, 0.2) is 36.4 Å². The van der Waals surface area contributed by atoms with E-state index < -0.39 is 16.1 Å². The van der Waals surface area contributed by atoms with Crippen molar-refractivity contribution in [3.63, 3.8) is 0 Å². The van der Waals surface area contributed by atoms with Crippen LogP contribution in [0.1, 0.15) is 49.4 Å². The monoisotopic (exact) mass is 468 g/mol. The van der Waals surface area contributed by atoms with Gasteiger partial charge in [-0.2, -0.15) is 0 Å². The maximum atomic E-state index is 13.1. The summed E-state index contributed by atoms with van der Waals surface area (Å²) in [6, 6.07) is 9.62. The number of sulfonamides is 1. The first-order chi connectivity index (χ1) is 14.1. The number of hydrogen-bond acceptors (Lipinski definition) is 3. The van der Waals surface area contributed by atoms with Gasteiger partial charge < -0.3 is 5.32 Å². The molecule has 0 heterocycles. The van der Waals surface area contributed by atoms with E-state index in [1.165, 1.54) is 29.3 Å². The molecule has 0 spiro atoms. The molecule has 3 rings (SSSR count). The van der Waals surface area contributed by atoms with Crippen LogP contribution >= 0.6 is 23.2 Å². The van der Waals surface area contributed by atoms with E-state index in [2.05, 4.69) is 17.4 Å². The fourth-order valence-electron chi connectivity index (χ4n) is 3.98. The van der Waals surface area contributed by atoms with Crippen molar-refractivity contribution in [2.75, 3.05) is 10.6 Å². The van der Waals surface area contributed by atoms with Crippen molar-refractivity contribution in [1.29, 1.82) is 0 Å². The highest BCUT2D eigenvalue weighted by Gasteiger charge is 2.32. The summed E-state index contributed by atoms with van der Waals surface area (Å²) in [4.78, 5) is 13.1. The Bertz CT molecular complexity index is 1040. The molecule has 30 heavy (non-hydrogen) atoms. The lowest BCUT2D eigenvalue weighted by atomic mass is 10.0. The highest BCUT2D eigenvalue weighted by Crippen LogP contribution is 2.30. The lowest BCUT2D eigenvalue weighted by molar-refractivity contribution is -0.122. The second kappa shape index (κ2) is 9.16. The lowest BCUT2D eigenvalue weighted by Crippen LogP contribution is -2.49. The van der Waals surface area contributed by atoms with Crippen molar-refractivity contribution in [3.8, 4) is 0 Å². The summed E-state index contributed by atoms with van der Waals surface area (Å²) in [5, 5.41) is 3.58. The second-order valence-corrected chi connectivity index (χ2v) is 10.5. The van der Waals surface area contributed by atoms with Gasteiger partial charge in [-0.1, -0.05) is 48.3 Å². The number of rotatable bonds is 7. The van der Waals surface area contributed by atoms with Crippen molar-refractivity contribution in [1.82, 2.24) is 5.32 Å². The van der Waals surface area contributed by atoms with Gasteiger partial charge in [-0.25, -0.2) is 8.42 Å². The van der Waals surface area contributed by atoms with E-state index in [4.69, 9.17) is 23.2 Å². The molecule has 0 saturated heterocycles. The normalized spacial score (nSPS) is 15.4. The molecule has 2 unspecified atom stereocenters. The maximum absolute atomic E-state index is 13.1. The molecular formula is C22H26Cl2N2O3S. The molecule has 5 nitrogen and oxygen atoms in total. The van der Waals surface area contributed by atoms with Crippen molar-refractivity contribution in [2.45, 2.75) is 51.6 Å². The zero-order valence-corrected chi connectivity index (χ0v) is 19.6. The highest BCUT2D eigenvalue weighted by molar-refractivity contribution is 7.92. The van der Waals surface area contributed by atoms with E-state index in [-0.39, 0.29) is 17.6 Å². The highest BCUT2D eigenvalue weighted by atomic mass is 35.5. The number of anilines is 1. The predicted molar refractivity (Wildman–Crippen MR) is 123 cm³/mol. The molecule has 8 heteroatoms. The Balaban J connectivity index is 1.87. The number of aryl methyl sites for hydroxylation is 2. The van der Waals surface area contributed by atoms with Crippen LogP contribution in [0.3, 0.4) is 0 Å².